The van der Waals surface area contributed by atoms with Crippen LogP contribution in [0, 0.1) is 5.92 Å². The average molecular weight is 470 g/mol. The second-order valence-corrected chi connectivity index (χ2v) is 7.05. The molecule has 1 amide bonds. The normalized spacial score (nSPS) is 16.2. The van der Waals surface area contributed by atoms with Crippen LogP contribution in [-0.2, 0) is 9.47 Å². The Morgan fingerprint density at radius 3 is 2.40 bits per heavy atom. The summed E-state index contributed by atoms with van der Waals surface area (Å²) in [5.41, 5.74) is -0.438. The molecule has 0 unspecified atom stereocenters. The van der Waals surface area contributed by atoms with Crippen LogP contribution in [0.3, 0.4) is 0 Å². The van der Waals surface area contributed by atoms with E-state index in [-0.39, 0.29) is 30.1 Å². The van der Waals surface area contributed by atoms with Gasteiger partial charge in [-0.3, -0.25) is 4.99 Å². The zero-order chi connectivity index (χ0) is 18.0. The van der Waals surface area contributed by atoms with Gasteiger partial charge in [-0.05, 0) is 46.5 Å². The summed E-state index contributed by atoms with van der Waals surface area (Å²) in [6.45, 7) is 12.2. The van der Waals surface area contributed by atoms with E-state index in [1.165, 1.54) is 0 Å². The van der Waals surface area contributed by atoms with Crippen molar-refractivity contribution < 1.29 is 14.3 Å². The molecular formula is C17H35IN4O3. The summed E-state index contributed by atoms with van der Waals surface area (Å²) in [4.78, 5) is 18.5. The van der Waals surface area contributed by atoms with Gasteiger partial charge in [0.15, 0.2) is 5.96 Å². The van der Waals surface area contributed by atoms with E-state index in [0.717, 1.165) is 51.5 Å². The maximum atomic E-state index is 12.1. The number of aliphatic imine (C=N–C) groups is 1. The number of piperidine rings is 1. The van der Waals surface area contributed by atoms with Crippen LogP contribution in [0.15, 0.2) is 4.99 Å². The second kappa shape index (κ2) is 12.6. The number of guanidine groups is 1. The molecule has 2 N–H and O–H groups in total. The van der Waals surface area contributed by atoms with Crippen LogP contribution in [0.5, 0.6) is 0 Å². The number of hydrogen-bond acceptors (Lipinski definition) is 4. The van der Waals surface area contributed by atoms with Gasteiger partial charge in [-0.1, -0.05) is 0 Å². The van der Waals surface area contributed by atoms with Gasteiger partial charge in [0.1, 0.15) is 5.60 Å². The van der Waals surface area contributed by atoms with Crippen LogP contribution in [0.4, 0.5) is 4.79 Å². The quantitative estimate of drug-likeness (QED) is 0.270. The first-order valence-electron chi connectivity index (χ1n) is 8.84. The Kier molecular flexibility index (Phi) is 12.2. The molecule has 1 saturated heterocycles. The van der Waals surface area contributed by atoms with Crippen molar-refractivity contribution in [2.45, 2.75) is 46.1 Å². The fraction of sp³-hybridized carbons (Fsp3) is 0.882. The lowest BCUT2D eigenvalue weighted by Crippen LogP contribution is -2.42. The van der Waals surface area contributed by atoms with Gasteiger partial charge in [-0.25, -0.2) is 4.79 Å². The van der Waals surface area contributed by atoms with Crippen LogP contribution in [-0.4, -0.2) is 69.0 Å². The Hall–Kier alpha value is -0.770. The van der Waals surface area contributed by atoms with Gasteiger partial charge in [-0.2, -0.15) is 0 Å². The van der Waals surface area contributed by atoms with Gasteiger partial charge in [0.2, 0.25) is 0 Å². The van der Waals surface area contributed by atoms with Crippen molar-refractivity contribution in [1.82, 2.24) is 15.5 Å². The van der Waals surface area contributed by atoms with E-state index in [4.69, 9.17) is 9.47 Å². The minimum Gasteiger partial charge on any atom is -0.444 e. The Morgan fingerprint density at radius 1 is 1.24 bits per heavy atom. The molecule has 0 saturated carbocycles. The first-order valence-corrected chi connectivity index (χ1v) is 8.84. The Labute approximate surface area is 169 Å². The molecule has 0 atom stereocenters. The third-order valence-electron chi connectivity index (χ3n) is 3.72. The zero-order valence-corrected chi connectivity index (χ0v) is 18.6. The topological polar surface area (TPSA) is 75.2 Å². The van der Waals surface area contributed by atoms with Gasteiger partial charge in [0.25, 0.3) is 0 Å². The molecule has 1 rings (SSSR count). The minimum absolute atomic E-state index is 0. The molecule has 7 nitrogen and oxygen atoms in total. The van der Waals surface area contributed by atoms with Gasteiger partial charge in [-0.15, -0.1) is 24.0 Å². The van der Waals surface area contributed by atoms with Crippen LogP contribution in [0.25, 0.3) is 0 Å². The largest absolute Gasteiger partial charge is 0.444 e. The molecule has 1 aliphatic rings. The summed E-state index contributed by atoms with van der Waals surface area (Å²) < 4.78 is 10.5. The van der Waals surface area contributed by atoms with Gasteiger partial charge in [0.05, 0.1) is 6.61 Å². The highest BCUT2D eigenvalue weighted by Gasteiger charge is 2.26. The molecule has 1 aliphatic heterocycles. The summed E-state index contributed by atoms with van der Waals surface area (Å²) in [5.74, 6) is 1.32. The molecule has 25 heavy (non-hydrogen) atoms. The fourth-order valence-electron chi connectivity index (χ4n) is 2.46. The minimum atomic E-state index is -0.438. The third-order valence-corrected chi connectivity index (χ3v) is 3.72. The summed E-state index contributed by atoms with van der Waals surface area (Å²) >= 11 is 0. The smallest absolute Gasteiger partial charge is 0.410 e. The second-order valence-electron chi connectivity index (χ2n) is 7.05. The lowest BCUT2D eigenvalue weighted by molar-refractivity contribution is 0.0187. The molecule has 0 radical (unpaired) electrons. The molecule has 148 valence electrons. The van der Waals surface area contributed by atoms with Crippen LogP contribution >= 0.6 is 24.0 Å². The summed E-state index contributed by atoms with van der Waals surface area (Å²) in [7, 11) is 1.68. The number of likely N-dealkylation sites (tertiary alicyclic amines) is 1. The number of carbonyl (C=O) groups is 1. The number of carbonyl (C=O) groups excluding carboxylic acids is 1. The van der Waals surface area contributed by atoms with Crippen molar-refractivity contribution >= 4 is 36.0 Å². The van der Waals surface area contributed by atoms with Crippen molar-refractivity contribution in [3.8, 4) is 0 Å². The van der Waals surface area contributed by atoms with E-state index < -0.39 is 5.60 Å². The summed E-state index contributed by atoms with van der Waals surface area (Å²) in [6, 6.07) is 0. The summed E-state index contributed by atoms with van der Waals surface area (Å²) in [5, 5.41) is 6.48. The SMILES string of the molecule is CCNC(=NCC1CCN(C(=O)OC(C)(C)C)CC1)NCCOC.I. The maximum Gasteiger partial charge on any atom is 0.410 e. The monoisotopic (exact) mass is 470 g/mol. The lowest BCUT2D eigenvalue weighted by Gasteiger charge is -2.33. The first kappa shape index (κ1) is 24.2. The highest BCUT2D eigenvalue weighted by atomic mass is 127. The molecule has 0 aromatic heterocycles. The van der Waals surface area contributed by atoms with E-state index in [1.54, 1.807) is 12.0 Å². The molecule has 0 aromatic rings. The van der Waals surface area contributed by atoms with Crippen LogP contribution in [0.2, 0.25) is 0 Å². The number of ether oxygens (including phenoxy) is 2. The average Bonchev–Trinajstić information content (AvgIpc) is 2.51. The third kappa shape index (κ3) is 10.7. The molecule has 0 bridgehead atoms. The van der Waals surface area contributed by atoms with Crippen molar-refractivity contribution in [2.24, 2.45) is 10.9 Å². The van der Waals surface area contributed by atoms with Crippen molar-refractivity contribution in [1.29, 1.82) is 0 Å². The van der Waals surface area contributed by atoms with Gasteiger partial charge in [0, 0.05) is 39.8 Å². The maximum absolute atomic E-state index is 12.1. The number of methoxy groups -OCH3 is 1. The van der Waals surface area contributed by atoms with E-state index in [0.29, 0.717) is 12.5 Å². The number of nitrogens with zero attached hydrogens (tertiary/aromatic N) is 2. The highest BCUT2D eigenvalue weighted by molar-refractivity contribution is 14.0. The molecule has 8 heteroatoms. The van der Waals surface area contributed by atoms with E-state index in [9.17, 15) is 4.79 Å². The van der Waals surface area contributed by atoms with Crippen molar-refractivity contribution in [3.63, 3.8) is 0 Å². The first-order chi connectivity index (χ1) is 11.4. The zero-order valence-electron chi connectivity index (χ0n) is 16.3. The van der Waals surface area contributed by atoms with Crippen molar-refractivity contribution in [3.05, 3.63) is 0 Å². The van der Waals surface area contributed by atoms with Gasteiger partial charge >= 0.3 is 6.09 Å². The number of rotatable bonds is 6. The van der Waals surface area contributed by atoms with Crippen LogP contribution in [0.1, 0.15) is 40.5 Å². The molecule has 1 fully saturated rings. The number of halogens is 1. The van der Waals surface area contributed by atoms with Crippen molar-refractivity contribution in [2.75, 3.05) is 46.4 Å². The Balaban J connectivity index is 0.00000576. The number of amides is 1. The molecule has 0 aliphatic carbocycles. The number of nitrogens with one attached hydrogen (secondary N) is 2. The highest BCUT2D eigenvalue weighted by Crippen LogP contribution is 2.19. The van der Waals surface area contributed by atoms with E-state index >= 15 is 0 Å². The Morgan fingerprint density at radius 2 is 1.88 bits per heavy atom. The standard InChI is InChI=1S/C17H34N4O3.HI/c1-6-18-15(19-9-12-23-5)20-13-14-7-10-21(11-8-14)16(22)24-17(2,3)4;/h14H,6-13H2,1-5H3,(H2,18,19,20);1H. The predicted octanol–water partition coefficient (Wildman–Crippen LogP) is 2.45. The fourth-order valence-corrected chi connectivity index (χ4v) is 2.46. The number of hydrogen-bond donors (Lipinski definition) is 2. The summed E-state index contributed by atoms with van der Waals surface area (Å²) in [6.07, 6.45) is 1.71. The molecular weight excluding hydrogens is 435 g/mol. The molecule has 0 aromatic carbocycles. The van der Waals surface area contributed by atoms with Crippen LogP contribution < -0.4 is 10.6 Å². The molecule has 0 spiro atoms. The molecule has 1 heterocycles. The lowest BCUT2D eigenvalue weighted by atomic mass is 9.97. The Bertz CT molecular complexity index is 405. The van der Waals surface area contributed by atoms with Gasteiger partial charge < -0.3 is 25.0 Å². The van der Waals surface area contributed by atoms with E-state index in [1.807, 2.05) is 27.7 Å². The van der Waals surface area contributed by atoms with E-state index in [2.05, 4.69) is 15.6 Å². The predicted molar refractivity (Wildman–Crippen MR) is 112 cm³/mol.